The van der Waals surface area contributed by atoms with Gasteiger partial charge in [-0.1, -0.05) is 29.3 Å². The molecule has 5 rings (SSSR count). The first-order valence-electron chi connectivity index (χ1n) is 14.1. The number of hydrogen-bond donors (Lipinski definition) is 2. The lowest BCUT2D eigenvalue weighted by Crippen LogP contribution is -2.50. The van der Waals surface area contributed by atoms with Gasteiger partial charge in [0.1, 0.15) is 5.82 Å². The lowest BCUT2D eigenvalue weighted by Gasteiger charge is -2.35. The maximum atomic E-state index is 13.9. The minimum atomic E-state index is -4.71. The number of piperazine rings is 1. The third-order valence-corrected chi connectivity index (χ3v) is 8.13. The van der Waals surface area contributed by atoms with E-state index in [4.69, 9.17) is 27.9 Å². The number of ether oxygens (including phenoxy) is 1. The number of halogens is 5. The lowest BCUT2D eigenvalue weighted by atomic mass is 10.1. The predicted octanol–water partition coefficient (Wildman–Crippen LogP) is 6.64. The van der Waals surface area contributed by atoms with Gasteiger partial charge >= 0.3 is 12.2 Å². The zero-order valence-corrected chi connectivity index (χ0v) is 24.7. The van der Waals surface area contributed by atoms with Gasteiger partial charge in [0.2, 0.25) is 5.76 Å². The minimum Gasteiger partial charge on any atom is -0.435 e. The Morgan fingerprint density at radius 1 is 0.884 bits per heavy atom. The van der Waals surface area contributed by atoms with Crippen LogP contribution < -0.4 is 15.5 Å². The number of allylic oxidation sites excluding steroid dienone is 2. The second-order valence-corrected chi connectivity index (χ2v) is 11.2. The highest BCUT2D eigenvalue weighted by Gasteiger charge is 2.40. The molecule has 1 aromatic carbocycles. The molecule has 43 heavy (non-hydrogen) atoms. The van der Waals surface area contributed by atoms with Gasteiger partial charge in [0, 0.05) is 39.3 Å². The van der Waals surface area contributed by atoms with Gasteiger partial charge in [-0.05, 0) is 62.4 Å². The molecule has 3 aliphatic rings. The molecule has 3 amide bonds. The molecule has 0 atom stereocenters. The highest BCUT2D eigenvalue weighted by atomic mass is 35.5. The Bertz CT molecular complexity index is 1380. The zero-order chi connectivity index (χ0) is 30.6. The number of para-hydroxylation sites is 1. The Labute approximate surface area is 257 Å². The highest BCUT2D eigenvalue weighted by Crippen LogP contribution is 2.36. The van der Waals surface area contributed by atoms with Crippen LogP contribution in [0.3, 0.4) is 0 Å². The Morgan fingerprint density at radius 2 is 1.58 bits per heavy atom. The third kappa shape index (κ3) is 7.48. The van der Waals surface area contributed by atoms with E-state index in [1.54, 1.807) is 41.3 Å². The lowest BCUT2D eigenvalue weighted by molar-refractivity contribution is -0.119. The van der Waals surface area contributed by atoms with Crippen LogP contribution in [0.2, 0.25) is 10.0 Å². The van der Waals surface area contributed by atoms with E-state index in [1.165, 1.54) is 6.20 Å². The topological polar surface area (TPSA) is 90.0 Å². The number of carbonyl (C=O) groups excluding carboxylic acids is 2. The van der Waals surface area contributed by atoms with Crippen molar-refractivity contribution in [3.63, 3.8) is 0 Å². The van der Waals surface area contributed by atoms with Crippen molar-refractivity contribution in [2.75, 3.05) is 54.8 Å². The van der Waals surface area contributed by atoms with Gasteiger partial charge in [-0.2, -0.15) is 13.2 Å². The maximum absolute atomic E-state index is 13.9. The summed E-state index contributed by atoms with van der Waals surface area (Å²) < 4.78 is 47.4. The number of nitrogens with zero attached hydrogens (tertiary/aromatic N) is 4. The molecule has 0 aliphatic carbocycles. The molecule has 0 spiro atoms. The summed E-state index contributed by atoms with van der Waals surface area (Å²) in [4.78, 5) is 35.8. The van der Waals surface area contributed by atoms with Crippen LogP contribution in [-0.2, 0) is 9.53 Å². The summed E-state index contributed by atoms with van der Waals surface area (Å²) in [5.41, 5.74) is -0.408. The number of benzene rings is 1. The fourth-order valence-electron chi connectivity index (χ4n) is 5.20. The average Bonchev–Trinajstić information content (AvgIpc) is 3.24. The first-order valence-corrected chi connectivity index (χ1v) is 14.8. The van der Waals surface area contributed by atoms with Crippen molar-refractivity contribution in [3.05, 3.63) is 69.9 Å². The summed E-state index contributed by atoms with van der Waals surface area (Å²) in [5.74, 6) is -0.827. The molecular formula is C29H31Cl2F3N6O3. The van der Waals surface area contributed by atoms with Gasteiger partial charge in [-0.25, -0.2) is 9.78 Å². The monoisotopic (exact) mass is 638 g/mol. The predicted molar refractivity (Wildman–Crippen MR) is 159 cm³/mol. The number of likely N-dealkylation sites (tertiary alicyclic amines) is 1. The second-order valence-electron chi connectivity index (χ2n) is 10.4. The van der Waals surface area contributed by atoms with E-state index in [1.807, 2.05) is 9.80 Å². The van der Waals surface area contributed by atoms with E-state index in [-0.39, 0.29) is 24.6 Å². The molecule has 1 aromatic heterocycles. The highest BCUT2D eigenvalue weighted by molar-refractivity contribution is 6.39. The molecule has 230 valence electrons. The standard InChI is InChI=1S/C29H31Cl2F3N6O3/c30-21-7-5-8-22(31)25(21)37-28(42)40-16-14-38(15-17-40)23-11-10-19(18-35-23)36-27(41)26-20(29(32,33)34)6-4-9-24(43-26)39-12-2-1-3-13-39/h5,7-11,18H,1-4,6,12-17H2,(H,36,41)(H,37,42). The van der Waals surface area contributed by atoms with E-state index < -0.39 is 23.4 Å². The number of anilines is 3. The van der Waals surface area contributed by atoms with Gasteiger partial charge in [0.25, 0.3) is 5.91 Å². The molecule has 2 fully saturated rings. The molecule has 4 heterocycles. The Hall–Kier alpha value is -3.64. The van der Waals surface area contributed by atoms with E-state index >= 15 is 0 Å². The zero-order valence-electron chi connectivity index (χ0n) is 23.2. The minimum absolute atomic E-state index is 0.121. The summed E-state index contributed by atoms with van der Waals surface area (Å²) in [6.07, 6.45) is 0.949. The molecule has 2 aromatic rings. The second kappa shape index (κ2) is 13.3. The van der Waals surface area contributed by atoms with Crippen LogP contribution in [0, 0.1) is 0 Å². The van der Waals surface area contributed by atoms with Gasteiger partial charge in [0.15, 0.2) is 5.88 Å². The number of amides is 3. The number of urea groups is 1. The Morgan fingerprint density at radius 3 is 2.21 bits per heavy atom. The summed E-state index contributed by atoms with van der Waals surface area (Å²) in [5, 5.41) is 5.95. The van der Waals surface area contributed by atoms with Gasteiger partial charge in [-0.15, -0.1) is 0 Å². The maximum Gasteiger partial charge on any atom is 0.416 e. The average molecular weight is 640 g/mol. The van der Waals surface area contributed by atoms with Crippen LogP contribution in [0.25, 0.3) is 0 Å². The molecular weight excluding hydrogens is 608 g/mol. The molecule has 0 radical (unpaired) electrons. The van der Waals surface area contributed by atoms with E-state index in [2.05, 4.69) is 15.6 Å². The molecule has 0 saturated carbocycles. The number of piperidine rings is 1. The first-order chi connectivity index (χ1) is 20.6. The van der Waals surface area contributed by atoms with Gasteiger partial charge < -0.3 is 30.1 Å². The van der Waals surface area contributed by atoms with Crippen molar-refractivity contribution >= 4 is 52.3 Å². The SMILES string of the molecule is O=C(Nc1ccc(N2CCN(C(=O)Nc3c(Cl)cccc3Cl)CC2)nc1)C1=C(C(F)(F)F)CCC=C(N2CCCCC2)O1. The van der Waals surface area contributed by atoms with Gasteiger partial charge in [-0.3, -0.25) is 4.79 Å². The number of rotatable bonds is 5. The molecule has 0 bridgehead atoms. The normalized spacial score (nSPS) is 18.1. The number of pyridine rings is 1. The smallest absolute Gasteiger partial charge is 0.416 e. The quantitative estimate of drug-likeness (QED) is 0.382. The van der Waals surface area contributed by atoms with Crippen LogP contribution in [0.5, 0.6) is 0 Å². The molecule has 0 unspecified atom stereocenters. The number of hydrogen-bond acceptors (Lipinski definition) is 6. The van der Waals surface area contributed by atoms with E-state index in [9.17, 15) is 22.8 Å². The van der Waals surface area contributed by atoms with Crippen LogP contribution in [0.4, 0.5) is 35.2 Å². The molecule has 2 saturated heterocycles. The summed E-state index contributed by atoms with van der Waals surface area (Å²) in [7, 11) is 0. The van der Waals surface area contributed by atoms with Crippen molar-refractivity contribution in [2.24, 2.45) is 0 Å². The van der Waals surface area contributed by atoms with E-state index in [0.29, 0.717) is 66.7 Å². The van der Waals surface area contributed by atoms with Crippen molar-refractivity contribution in [2.45, 2.75) is 38.3 Å². The van der Waals surface area contributed by atoms with E-state index in [0.717, 1.165) is 19.3 Å². The fourth-order valence-corrected chi connectivity index (χ4v) is 5.69. The first kappa shape index (κ1) is 30.8. The number of aromatic nitrogens is 1. The van der Waals surface area contributed by atoms with Crippen LogP contribution in [0.1, 0.15) is 32.1 Å². The largest absolute Gasteiger partial charge is 0.435 e. The number of alkyl halides is 3. The van der Waals surface area contributed by atoms with Crippen molar-refractivity contribution < 1.29 is 27.5 Å². The van der Waals surface area contributed by atoms with Crippen molar-refractivity contribution in [1.82, 2.24) is 14.8 Å². The molecule has 2 N–H and O–H groups in total. The van der Waals surface area contributed by atoms with Crippen LogP contribution >= 0.6 is 23.2 Å². The van der Waals surface area contributed by atoms with Gasteiger partial charge in [0.05, 0.1) is 33.2 Å². The Balaban J connectivity index is 1.20. The van der Waals surface area contributed by atoms with Crippen LogP contribution in [-0.4, -0.2) is 72.2 Å². The summed E-state index contributed by atoms with van der Waals surface area (Å²) in [6.45, 7) is 3.14. The Kier molecular flexibility index (Phi) is 9.55. The summed E-state index contributed by atoms with van der Waals surface area (Å²) in [6, 6.07) is 7.88. The van der Waals surface area contributed by atoms with Crippen LogP contribution in [0.15, 0.2) is 59.8 Å². The number of nitrogens with one attached hydrogen (secondary N) is 2. The molecule has 9 nitrogen and oxygen atoms in total. The molecule has 14 heteroatoms. The third-order valence-electron chi connectivity index (χ3n) is 7.50. The number of carbonyl (C=O) groups is 2. The summed E-state index contributed by atoms with van der Waals surface area (Å²) >= 11 is 12.3. The van der Waals surface area contributed by atoms with Crippen molar-refractivity contribution in [1.29, 1.82) is 0 Å². The fraction of sp³-hybridized carbons (Fsp3) is 0.414. The van der Waals surface area contributed by atoms with Crippen molar-refractivity contribution in [3.8, 4) is 0 Å². The molecule has 3 aliphatic heterocycles.